The number of aromatic nitrogens is 1. The van der Waals surface area contributed by atoms with Gasteiger partial charge in [0.2, 0.25) is 17.7 Å². The summed E-state index contributed by atoms with van der Waals surface area (Å²) in [7, 11) is 1.41. The zero-order valence-corrected chi connectivity index (χ0v) is 19.1. The van der Waals surface area contributed by atoms with Crippen molar-refractivity contribution in [1.82, 2.24) is 20.1 Å². The summed E-state index contributed by atoms with van der Waals surface area (Å²) in [5.41, 5.74) is 6.00. The van der Waals surface area contributed by atoms with Crippen LogP contribution in [0.4, 0.5) is 0 Å². The molecule has 1 aromatic heterocycles. The van der Waals surface area contributed by atoms with Crippen LogP contribution < -0.4 is 11.1 Å². The number of amides is 4. The Kier molecular flexibility index (Phi) is 8.76. The first kappa shape index (κ1) is 24.6. The van der Waals surface area contributed by atoms with Gasteiger partial charge in [-0.2, -0.15) is 0 Å². The largest absolute Gasteiger partial charge is 0.375 e. The van der Waals surface area contributed by atoms with Crippen molar-refractivity contribution in [3.8, 4) is 0 Å². The number of ether oxygens (including phenoxy) is 1. The van der Waals surface area contributed by atoms with E-state index in [9.17, 15) is 19.2 Å². The molecule has 33 heavy (non-hydrogen) atoms. The Hall–Kier alpha value is -3.01. The number of nitrogens with zero attached hydrogens (tertiary/aromatic N) is 3. The van der Waals surface area contributed by atoms with Gasteiger partial charge in [-0.05, 0) is 24.5 Å². The Morgan fingerprint density at radius 2 is 1.97 bits per heavy atom. The third-order valence-electron chi connectivity index (χ3n) is 6.42. The van der Waals surface area contributed by atoms with Crippen LogP contribution in [0.15, 0.2) is 24.5 Å². The Morgan fingerprint density at radius 3 is 2.61 bits per heavy atom. The molecule has 0 spiro atoms. The monoisotopic (exact) mass is 459 g/mol. The molecule has 0 unspecified atom stereocenters. The molecule has 4 amide bonds. The minimum absolute atomic E-state index is 0.00389. The highest BCUT2D eigenvalue weighted by atomic mass is 16.5. The molecule has 1 saturated carbocycles. The molecule has 2 heterocycles. The third-order valence-corrected chi connectivity index (χ3v) is 6.42. The molecule has 3 N–H and O–H groups in total. The van der Waals surface area contributed by atoms with Crippen LogP contribution in [0.5, 0.6) is 0 Å². The molecule has 2 fully saturated rings. The average molecular weight is 460 g/mol. The predicted molar refractivity (Wildman–Crippen MR) is 120 cm³/mol. The fourth-order valence-electron chi connectivity index (χ4n) is 4.64. The summed E-state index contributed by atoms with van der Waals surface area (Å²) in [6.07, 6.45) is 8.94. The van der Waals surface area contributed by atoms with E-state index in [0.29, 0.717) is 17.9 Å². The maximum atomic E-state index is 13.3. The number of carbonyl (C=O) groups excluding carboxylic acids is 4. The van der Waals surface area contributed by atoms with Crippen molar-refractivity contribution >= 4 is 23.6 Å². The summed E-state index contributed by atoms with van der Waals surface area (Å²) >= 11 is 0. The molecular weight excluding hydrogens is 426 g/mol. The summed E-state index contributed by atoms with van der Waals surface area (Å²) in [6.45, 7) is 0.274. The lowest BCUT2D eigenvalue weighted by molar-refractivity contribution is -0.146. The summed E-state index contributed by atoms with van der Waals surface area (Å²) < 4.78 is 4.96. The number of hydrogen-bond donors (Lipinski definition) is 2. The average Bonchev–Trinajstić information content (AvgIpc) is 2.84. The van der Waals surface area contributed by atoms with Gasteiger partial charge in [0.25, 0.3) is 5.91 Å². The molecule has 2 atom stereocenters. The van der Waals surface area contributed by atoms with Crippen LogP contribution in [0, 0.1) is 5.92 Å². The van der Waals surface area contributed by atoms with Gasteiger partial charge in [0, 0.05) is 32.6 Å². The maximum absolute atomic E-state index is 13.3. The highest BCUT2D eigenvalue weighted by Gasteiger charge is 2.38. The van der Waals surface area contributed by atoms with Gasteiger partial charge < -0.3 is 25.6 Å². The van der Waals surface area contributed by atoms with E-state index in [-0.39, 0.29) is 38.1 Å². The molecule has 0 radical (unpaired) electrons. The summed E-state index contributed by atoms with van der Waals surface area (Å²) in [5.74, 6) is -1.38. The molecule has 1 saturated heterocycles. The van der Waals surface area contributed by atoms with Crippen LogP contribution in [0.3, 0.4) is 0 Å². The lowest BCUT2D eigenvalue weighted by Gasteiger charge is -2.41. The highest BCUT2D eigenvalue weighted by Crippen LogP contribution is 2.27. The Labute approximate surface area is 193 Å². The fraction of sp³-hybridized carbons (Fsp3) is 0.609. The summed E-state index contributed by atoms with van der Waals surface area (Å²) in [4.78, 5) is 57.8. The van der Waals surface area contributed by atoms with Crippen molar-refractivity contribution in [1.29, 1.82) is 0 Å². The molecule has 0 bridgehead atoms. The van der Waals surface area contributed by atoms with E-state index in [1.165, 1.54) is 29.5 Å². The van der Waals surface area contributed by atoms with Crippen molar-refractivity contribution in [2.75, 3.05) is 33.4 Å². The lowest BCUT2D eigenvalue weighted by Crippen LogP contribution is -2.63. The topological polar surface area (TPSA) is 135 Å². The number of methoxy groups -OCH3 is 1. The molecule has 2 aliphatic rings. The minimum atomic E-state index is -0.949. The van der Waals surface area contributed by atoms with Gasteiger partial charge in [-0.3, -0.25) is 24.2 Å². The van der Waals surface area contributed by atoms with Crippen LogP contribution in [-0.2, 0) is 19.1 Å². The van der Waals surface area contributed by atoms with Gasteiger partial charge in [-0.1, -0.05) is 32.1 Å². The van der Waals surface area contributed by atoms with E-state index in [4.69, 9.17) is 10.5 Å². The zero-order chi connectivity index (χ0) is 23.8. The first-order valence-corrected chi connectivity index (χ1v) is 11.5. The maximum Gasteiger partial charge on any atom is 0.255 e. The number of piperazine rings is 1. The van der Waals surface area contributed by atoms with Crippen LogP contribution in [0.2, 0.25) is 0 Å². The van der Waals surface area contributed by atoms with Crippen LogP contribution in [0.25, 0.3) is 0 Å². The number of rotatable bonds is 8. The molecule has 10 nitrogen and oxygen atoms in total. The molecule has 1 aromatic rings. The van der Waals surface area contributed by atoms with Gasteiger partial charge in [0.1, 0.15) is 18.7 Å². The smallest absolute Gasteiger partial charge is 0.255 e. The van der Waals surface area contributed by atoms with Crippen molar-refractivity contribution in [2.24, 2.45) is 11.7 Å². The Balaban J connectivity index is 1.74. The quantitative estimate of drug-likeness (QED) is 0.575. The van der Waals surface area contributed by atoms with E-state index < -0.39 is 23.9 Å². The predicted octanol–water partition coefficient (Wildman–Crippen LogP) is 0.322. The number of hydrogen-bond acceptors (Lipinski definition) is 6. The van der Waals surface area contributed by atoms with Crippen molar-refractivity contribution in [3.05, 3.63) is 30.1 Å². The van der Waals surface area contributed by atoms with Gasteiger partial charge in [0.05, 0.1) is 12.1 Å². The van der Waals surface area contributed by atoms with Gasteiger partial charge >= 0.3 is 0 Å². The second-order valence-electron chi connectivity index (χ2n) is 8.73. The van der Waals surface area contributed by atoms with Crippen LogP contribution >= 0.6 is 0 Å². The number of primary amides is 1. The highest BCUT2D eigenvalue weighted by molar-refractivity contribution is 5.96. The van der Waals surface area contributed by atoms with Gasteiger partial charge in [-0.15, -0.1) is 0 Å². The standard InChI is InChI=1S/C23H33N5O5/c1-33-15-20(29)28-11-10-27(23(32)17-8-5-9-25-13-17)14-19(28)22(31)26-18(21(24)30)12-16-6-3-2-4-7-16/h5,8-9,13,16,18-19H,2-4,6-7,10-12,14-15H2,1H3,(H2,24,30)(H,26,31)/t18-,19-/m0/s1. The number of nitrogens with one attached hydrogen (secondary N) is 1. The number of carbonyl (C=O) groups is 4. The van der Waals surface area contributed by atoms with Gasteiger partial charge in [-0.25, -0.2) is 0 Å². The lowest BCUT2D eigenvalue weighted by atomic mass is 9.84. The third kappa shape index (κ3) is 6.50. The normalized spacial score (nSPS) is 20.2. The molecular formula is C23H33N5O5. The van der Waals surface area contributed by atoms with Gasteiger partial charge in [0.15, 0.2) is 0 Å². The van der Waals surface area contributed by atoms with Crippen molar-refractivity contribution < 1.29 is 23.9 Å². The van der Waals surface area contributed by atoms with E-state index in [2.05, 4.69) is 10.3 Å². The van der Waals surface area contributed by atoms with E-state index in [1.54, 1.807) is 18.3 Å². The molecule has 1 aliphatic heterocycles. The summed E-state index contributed by atoms with van der Waals surface area (Å²) in [5, 5.41) is 2.76. The Morgan fingerprint density at radius 1 is 1.21 bits per heavy atom. The van der Waals surface area contributed by atoms with E-state index in [1.807, 2.05) is 0 Å². The second kappa shape index (κ2) is 11.7. The molecule has 1 aliphatic carbocycles. The summed E-state index contributed by atoms with van der Waals surface area (Å²) in [6, 6.07) is 1.55. The van der Waals surface area contributed by atoms with E-state index in [0.717, 1.165) is 25.7 Å². The van der Waals surface area contributed by atoms with Crippen LogP contribution in [-0.4, -0.2) is 83.8 Å². The zero-order valence-electron chi connectivity index (χ0n) is 19.1. The first-order chi connectivity index (χ1) is 15.9. The molecule has 3 rings (SSSR count). The SMILES string of the molecule is COCC(=O)N1CCN(C(=O)c2cccnc2)C[C@H]1C(=O)N[C@@H](CC1CCCCC1)C(N)=O. The van der Waals surface area contributed by atoms with E-state index >= 15 is 0 Å². The Bertz CT molecular complexity index is 843. The second-order valence-corrected chi connectivity index (χ2v) is 8.73. The first-order valence-electron chi connectivity index (χ1n) is 11.5. The number of nitrogens with two attached hydrogens (primary N) is 1. The van der Waals surface area contributed by atoms with Crippen LogP contribution in [0.1, 0.15) is 48.9 Å². The molecule has 10 heteroatoms. The fourth-order valence-corrected chi connectivity index (χ4v) is 4.64. The molecule has 0 aromatic carbocycles. The number of pyridine rings is 1. The minimum Gasteiger partial charge on any atom is -0.375 e. The molecule has 180 valence electrons. The van der Waals surface area contributed by atoms with Crippen molar-refractivity contribution in [2.45, 2.75) is 50.6 Å². The van der Waals surface area contributed by atoms with Crippen molar-refractivity contribution in [3.63, 3.8) is 0 Å².